The summed E-state index contributed by atoms with van der Waals surface area (Å²) in [6, 6.07) is 9.24. The van der Waals surface area contributed by atoms with Crippen LogP contribution in [-0.4, -0.2) is 45.0 Å². The number of carbonyl (C=O) groups is 1. The van der Waals surface area contributed by atoms with E-state index in [1.807, 2.05) is 24.3 Å². The van der Waals surface area contributed by atoms with E-state index >= 15 is 0 Å². The number of hydrogen-bond acceptors (Lipinski definition) is 5. The zero-order chi connectivity index (χ0) is 17.9. The molecule has 2 aromatic heterocycles. The van der Waals surface area contributed by atoms with Gasteiger partial charge >= 0.3 is 0 Å². The number of likely N-dealkylation sites (tertiary alicyclic amines) is 1. The van der Waals surface area contributed by atoms with Crippen LogP contribution >= 0.6 is 11.6 Å². The molecule has 3 heterocycles. The van der Waals surface area contributed by atoms with Crippen LogP contribution in [0.1, 0.15) is 23.3 Å². The van der Waals surface area contributed by atoms with Crippen LogP contribution in [0, 0.1) is 0 Å². The van der Waals surface area contributed by atoms with Crippen LogP contribution < -0.4 is 4.74 Å². The SMILES string of the molecule is O=C(c1cnc2ccccc2n1)N1CCCC(Oc2ccncc2Cl)C1. The summed E-state index contributed by atoms with van der Waals surface area (Å²) in [5.74, 6) is 0.462. The Morgan fingerprint density at radius 3 is 2.88 bits per heavy atom. The molecule has 0 N–H and O–H groups in total. The molecule has 1 aromatic carbocycles. The molecule has 1 aliphatic heterocycles. The summed E-state index contributed by atoms with van der Waals surface area (Å²) in [5.41, 5.74) is 1.84. The number of piperidine rings is 1. The minimum absolute atomic E-state index is 0.110. The number of rotatable bonds is 3. The fraction of sp³-hybridized carbons (Fsp3) is 0.263. The van der Waals surface area contributed by atoms with Crippen LogP contribution in [0.3, 0.4) is 0 Å². The van der Waals surface area contributed by atoms with Gasteiger partial charge in [-0.05, 0) is 25.0 Å². The Balaban J connectivity index is 1.49. The van der Waals surface area contributed by atoms with E-state index in [0.29, 0.717) is 35.1 Å². The van der Waals surface area contributed by atoms with Gasteiger partial charge in [-0.15, -0.1) is 0 Å². The van der Waals surface area contributed by atoms with Gasteiger partial charge in [0.2, 0.25) is 0 Å². The van der Waals surface area contributed by atoms with Crippen molar-refractivity contribution < 1.29 is 9.53 Å². The number of amides is 1. The summed E-state index contributed by atoms with van der Waals surface area (Å²) in [7, 11) is 0. The summed E-state index contributed by atoms with van der Waals surface area (Å²) in [5, 5.41) is 0.469. The number of hydrogen-bond donors (Lipinski definition) is 0. The second-order valence-corrected chi connectivity index (χ2v) is 6.59. The molecular weight excluding hydrogens is 352 g/mol. The second-order valence-electron chi connectivity index (χ2n) is 6.18. The minimum atomic E-state index is -0.127. The Hall–Kier alpha value is -2.73. The van der Waals surface area contributed by atoms with Crippen molar-refractivity contribution >= 4 is 28.5 Å². The van der Waals surface area contributed by atoms with Gasteiger partial charge in [-0.1, -0.05) is 23.7 Å². The van der Waals surface area contributed by atoms with Crippen LogP contribution in [0.2, 0.25) is 5.02 Å². The number of carbonyl (C=O) groups excluding carboxylic acids is 1. The van der Waals surface area contributed by atoms with Crippen LogP contribution in [-0.2, 0) is 0 Å². The molecule has 132 valence electrons. The number of ether oxygens (including phenoxy) is 1. The predicted octanol–water partition coefficient (Wildman–Crippen LogP) is 3.36. The molecule has 0 bridgehead atoms. The largest absolute Gasteiger partial charge is 0.487 e. The fourth-order valence-electron chi connectivity index (χ4n) is 3.08. The molecule has 0 aliphatic carbocycles. The van der Waals surface area contributed by atoms with Crippen molar-refractivity contribution in [2.75, 3.05) is 13.1 Å². The molecule has 0 radical (unpaired) electrons. The lowest BCUT2D eigenvalue weighted by molar-refractivity contribution is 0.0533. The van der Waals surface area contributed by atoms with Crippen molar-refractivity contribution in [2.45, 2.75) is 18.9 Å². The number of aromatic nitrogens is 3. The average molecular weight is 369 g/mol. The molecule has 1 fully saturated rings. The van der Waals surface area contributed by atoms with E-state index in [1.54, 1.807) is 23.4 Å². The summed E-state index contributed by atoms with van der Waals surface area (Å²) in [6.07, 6.45) is 6.34. The van der Waals surface area contributed by atoms with Crippen molar-refractivity contribution in [2.24, 2.45) is 0 Å². The van der Waals surface area contributed by atoms with Crippen molar-refractivity contribution in [1.29, 1.82) is 0 Å². The standard InChI is InChI=1S/C19H17ClN4O2/c20-14-10-21-8-7-18(14)26-13-4-3-9-24(12-13)19(25)17-11-22-15-5-1-2-6-16(15)23-17/h1-2,5-8,10-11,13H,3-4,9,12H2. The third kappa shape index (κ3) is 3.46. The smallest absolute Gasteiger partial charge is 0.274 e. The molecular formula is C19H17ClN4O2. The predicted molar refractivity (Wildman–Crippen MR) is 98.3 cm³/mol. The van der Waals surface area contributed by atoms with E-state index in [1.165, 1.54) is 6.20 Å². The van der Waals surface area contributed by atoms with Crippen molar-refractivity contribution in [1.82, 2.24) is 19.9 Å². The number of nitrogens with zero attached hydrogens (tertiary/aromatic N) is 4. The molecule has 7 heteroatoms. The molecule has 3 aromatic rings. The van der Waals surface area contributed by atoms with E-state index in [9.17, 15) is 4.79 Å². The molecule has 4 rings (SSSR count). The molecule has 1 amide bonds. The summed E-state index contributed by atoms with van der Waals surface area (Å²) >= 11 is 6.11. The zero-order valence-corrected chi connectivity index (χ0v) is 14.8. The zero-order valence-electron chi connectivity index (χ0n) is 14.0. The average Bonchev–Trinajstić information content (AvgIpc) is 2.69. The number of benzene rings is 1. The van der Waals surface area contributed by atoms with Gasteiger partial charge in [-0.25, -0.2) is 4.98 Å². The Bertz CT molecular complexity index is 949. The maximum absolute atomic E-state index is 12.8. The van der Waals surface area contributed by atoms with E-state index < -0.39 is 0 Å². The number of para-hydroxylation sites is 2. The second kappa shape index (κ2) is 7.25. The first-order chi connectivity index (χ1) is 12.7. The molecule has 1 aliphatic rings. The molecule has 6 nitrogen and oxygen atoms in total. The highest BCUT2D eigenvalue weighted by molar-refractivity contribution is 6.31. The van der Waals surface area contributed by atoms with E-state index in [0.717, 1.165) is 18.4 Å². The Kier molecular flexibility index (Phi) is 4.67. The van der Waals surface area contributed by atoms with Gasteiger partial charge in [0.1, 0.15) is 22.6 Å². The fourth-order valence-corrected chi connectivity index (χ4v) is 3.24. The highest BCUT2D eigenvalue weighted by Gasteiger charge is 2.27. The van der Waals surface area contributed by atoms with Crippen LogP contribution in [0.25, 0.3) is 11.0 Å². The Morgan fingerprint density at radius 2 is 2.04 bits per heavy atom. The summed E-state index contributed by atoms with van der Waals surface area (Å²) < 4.78 is 5.97. The lowest BCUT2D eigenvalue weighted by Gasteiger charge is -2.32. The number of halogens is 1. The summed E-state index contributed by atoms with van der Waals surface area (Å²) in [4.78, 5) is 27.3. The monoisotopic (exact) mass is 368 g/mol. The van der Waals surface area contributed by atoms with Crippen LogP contribution in [0.15, 0.2) is 48.9 Å². The number of fused-ring (bicyclic) bond motifs is 1. The quantitative estimate of drug-likeness (QED) is 0.709. The Labute approximate surface area is 155 Å². The van der Waals surface area contributed by atoms with Crippen molar-refractivity contribution in [3.8, 4) is 5.75 Å². The molecule has 1 unspecified atom stereocenters. The third-order valence-corrected chi connectivity index (χ3v) is 4.65. The van der Waals surface area contributed by atoms with Gasteiger partial charge in [0.25, 0.3) is 5.91 Å². The molecule has 1 saturated heterocycles. The van der Waals surface area contributed by atoms with Gasteiger partial charge in [-0.2, -0.15) is 0 Å². The maximum atomic E-state index is 12.8. The van der Waals surface area contributed by atoms with Crippen molar-refractivity contribution in [3.63, 3.8) is 0 Å². The normalized spacial score (nSPS) is 17.3. The van der Waals surface area contributed by atoms with Crippen LogP contribution in [0.4, 0.5) is 0 Å². The first kappa shape index (κ1) is 16.7. The maximum Gasteiger partial charge on any atom is 0.274 e. The molecule has 1 atom stereocenters. The van der Waals surface area contributed by atoms with Gasteiger partial charge in [0.15, 0.2) is 0 Å². The molecule has 0 saturated carbocycles. The van der Waals surface area contributed by atoms with Crippen LogP contribution in [0.5, 0.6) is 5.75 Å². The topological polar surface area (TPSA) is 68.2 Å². The van der Waals surface area contributed by atoms with Gasteiger partial charge in [0.05, 0.1) is 23.8 Å². The highest BCUT2D eigenvalue weighted by Crippen LogP contribution is 2.26. The minimum Gasteiger partial charge on any atom is -0.487 e. The van der Waals surface area contributed by atoms with Gasteiger partial charge in [-0.3, -0.25) is 14.8 Å². The summed E-state index contributed by atoms with van der Waals surface area (Å²) in [6.45, 7) is 1.17. The van der Waals surface area contributed by atoms with E-state index in [2.05, 4.69) is 15.0 Å². The van der Waals surface area contributed by atoms with E-state index in [-0.39, 0.29) is 12.0 Å². The Morgan fingerprint density at radius 1 is 1.19 bits per heavy atom. The first-order valence-electron chi connectivity index (χ1n) is 8.48. The molecule has 0 spiro atoms. The van der Waals surface area contributed by atoms with Gasteiger partial charge in [0, 0.05) is 25.0 Å². The third-order valence-electron chi connectivity index (χ3n) is 4.36. The van der Waals surface area contributed by atoms with Gasteiger partial charge < -0.3 is 9.64 Å². The lowest BCUT2D eigenvalue weighted by Crippen LogP contribution is -2.44. The molecule has 26 heavy (non-hydrogen) atoms. The first-order valence-corrected chi connectivity index (χ1v) is 8.86. The number of pyridine rings is 1. The van der Waals surface area contributed by atoms with E-state index in [4.69, 9.17) is 16.3 Å². The highest BCUT2D eigenvalue weighted by atomic mass is 35.5. The van der Waals surface area contributed by atoms with Crippen molar-refractivity contribution in [3.05, 3.63) is 59.6 Å². The lowest BCUT2D eigenvalue weighted by atomic mass is 10.1.